The van der Waals surface area contributed by atoms with Gasteiger partial charge < -0.3 is 104 Å². The summed E-state index contributed by atoms with van der Waals surface area (Å²) < 4.78 is 2.71. The minimum atomic E-state index is 0. The Balaban J connectivity index is -0.0000000144. The van der Waals surface area contributed by atoms with Crippen molar-refractivity contribution in [2.24, 2.45) is 0 Å². The summed E-state index contributed by atoms with van der Waals surface area (Å²) in [7, 11) is 0. The van der Waals surface area contributed by atoms with Crippen molar-refractivity contribution in [3.05, 3.63) is 60.0 Å². The van der Waals surface area contributed by atoms with Crippen molar-refractivity contribution < 1.29 is 412 Å². The molecule has 0 saturated carbocycles. The van der Waals surface area contributed by atoms with Crippen molar-refractivity contribution in [3.8, 4) is 0 Å². The van der Waals surface area contributed by atoms with Crippen LogP contribution in [0.4, 0.5) is 0 Å². The fourth-order valence-corrected chi connectivity index (χ4v) is 6.09. The van der Waals surface area contributed by atoms with E-state index >= 15 is 0 Å². The van der Waals surface area contributed by atoms with E-state index in [2.05, 4.69) is 135 Å². The first-order valence-electron chi connectivity index (χ1n) is 16.9. The number of hydrogen-bond acceptors (Lipinski definition) is 6. The average molecular weight is 2640 g/mol. The molecule has 0 aliphatic heterocycles. The van der Waals surface area contributed by atoms with Gasteiger partial charge in [0.15, 0.2) is 0 Å². The maximum Gasteiger partial charge on any atom is 0.0133 e. The van der Waals surface area contributed by atoms with Crippen LogP contribution in [0.5, 0.6) is 0 Å². The molecular weight excluding hydrogens is 2560 g/mol. The van der Waals surface area contributed by atoms with Crippen LogP contribution in [0.3, 0.4) is 0 Å². The van der Waals surface area contributed by atoms with Crippen molar-refractivity contribution in [1.29, 1.82) is 0 Å². The molecule has 0 nitrogen and oxygen atoms in total. The summed E-state index contributed by atoms with van der Waals surface area (Å²) in [4.78, 5) is 0. The van der Waals surface area contributed by atoms with Crippen LogP contribution in [0.2, 0.25) is 0 Å². The van der Waals surface area contributed by atoms with Gasteiger partial charge in [-0.2, -0.15) is 86.5 Å². The van der Waals surface area contributed by atoms with Gasteiger partial charge in [-0.1, -0.05) is 80.3 Å². The van der Waals surface area contributed by atoms with Crippen molar-refractivity contribution in [1.82, 2.24) is 0 Å². The van der Waals surface area contributed by atoms with Gasteiger partial charge in [-0.15, -0.1) is 0 Å². The zero-order valence-electron chi connectivity index (χ0n) is 40.3. The predicted octanol–water partition coefficient (Wildman–Crippen LogP) is 17.6. The number of thiocarbonyl (C=S) groups is 2. The largest absolute Gasteiger partial charge is 0.372 e. The molecule has 1 atom stereocenters. The summed E-state index contributed by atoms with van der Waals surface area (Å²) in [5, 5.41) is 2.94. The molecule has 0 aliphatic rings. The van der Waals surface area contributed by atoms with E-state index in [1.807, 2.05) is 37.4 Å². The molecule has 61 heavy (non-hydrogen) atoms. The van der Waals surface area contributed by atoms with Crippen molar-refractivity contribution in [2.75, 3.05) is 0 Å². The molecule has 0 aromatic rings. The maximum absolute atomic E-state index is 4.88. The summed E-state index contributed by atoms with van der Waals surface area (Å²) in [6, 6.07) is 0. The molecule has 346 valence electrons. The third-order valence-electron chi connectivity index (χ3n) is 5.04. The quantitative estimate of drug-likeness (QED) is 0.0757. The van der Waals surface area contributed by atoms with Gasteiger partial charge in [0, 0.05) is 420 Å². The molecule has 0 aromatic heterocycles. The van der Waals surface area contributed by atoms with E-state index in [4.69, 9.17) is 24.4 Å². The Labute approximate surface area is 721 Å². The molecule has 0 bridgehead atoms. The molecule has 0 heterocycles. The fraction of sp³-hybridized carbons (Fsp3) is 0.700. The van der Waals surface area contributed by atoms with Crippen LogP contribution in [0, 0.1) is 216 Å². The van der Waals surface area contributed by atoms with Crippen LogP contribution < -0.4 is 0 Å². The van der Waals surface area contributed by atoms with Crippen molar-refractivity contribution in [2.45, 2.75) is 187 Å². The molecule has 0 saturated heterocycles. The minimum absolute atomic E-state index is 0. The summed E-state index contributed by atoms with van der Waals surface area (Å²) in [6.45, 7) is 37.8. The molecule has 0 spiro atoms. The first-order chi connectivity index (χ1) is 21.1. The molecule has 10 radical (unpaired) electrons. The number of unbranched alkanes of at least 4 members (excludes halogenated alkanes) is 3. The van der Waals surface area contributed by atoms with Crippen molar-refractivity contribution >= 4 is 79.9 Å². The molecule has 0 fully saturated rings. The number of thioether (sulfide) groups is 4. The van der Waals surface area contributed by atoms with Gasteiger partial charge >= 0.3 is 0 Å². The normalized spacial score (nSPS) is 7.89. The van der Waals surface area contributed by atoms with Gasteiger partial charge in [0.25, 0.3) is 0 Å². The molecular formula is C40H80S6U5V5Y5-10. The Morgan fingerprint density at radius 3 is 1.11 bits per heavy atom. The third kappa shape index (κ3) is 189. The van der Waals surface area contributed by atoms with E-state index < -0.39 is 0 Å². The summed E-state index contributed by atoms with van der Waals surface area (Å²) in [6.07, 6.45) is 18.1. The van der Waals surface area contributed by atoms with E-state index in [-0.39, 0.29) is 419 Å². The molecule has 0 aromatic carbocycles. The Morgan fingerprint density at radius 2 is 0.967 bits per heavy atom. The molecule has 0 amide bonds. The first kappa shape index (κ1) is 147. The monoisotopic (exact) mass is 2640 g/mol. The van der Waals surface area contributed by atoms with E-state index in [1.165, 1.54) is 54.9 Å². The van der Waals surface area contributed by atoms with Gasteiger partial charge in [0.2, 0.25) is 0 Å². The van der Waals surface area contributed by atoms with E-state index in [0.717, 1.165) is 34.1 Å². The first-order valence-corrected chi connectivity index (χ1v) is 21.2. The summed E-state index contributed by atoms with van der Waals surface area (Å²) >= 11 is 16.9. The Hall–Kier alpha value is 15.3. The molecule has 1 unspecified atom stereocenters. The average Bonchev–Trinajstić information content (AvgIpc) is 2.99. The third-order valence-corrected chi connectivity index (χ3v) is 9.89. The summed E-state index contributed by atoms with van der Waals surface area (Å²) in [5.41, 5.74) is 0. The van der Waals surface area contributed by atoms with Crippen LogP contribution in [0.1, 0.15) is 182 Å². The van der Waals surface area contributed by atoms with E-state index in [0.29, 0.717) is 4.58 Å². The molecule has 21 heteroatoms. The zero-order chi connectivity index (χ0) is 36.5. The predicted molar refractivity (Wildman–Crippen MR) is 243 cm³/mol. The Morgan fingerprint density at radius 1 is 0.590 bits per heavy atom. The molecule has 0 aliphatic carbocycles. The standard InChI is InChI=1S/C9H18S2.2C7H14.C6H11S2.C5H9S2.C5H10.CH4.5U.5V.5Y/c1-5-7-10-9(4)11-8(3)6-2;1-4-5-6-7(2)3;1-4-6-7(3)5-2;1-4-5(2)8-6(3)7;1-3-4-7-5(2)6;1-3-5-4-2;;;;;;;;;;;;;;;;/h7,9H,5-6H2,1-4H3;5H,4,6H2,1-3H3;4H,5-6H2,1-3H3;4H2,1-3H3;4H,3H2,1-2H3;5H,1,3-4H2,2H3;1H4;;;;;;;;;;;;;;;/q3*-2;2*-1;-2;;;;;;;;;;;;;;;;. The molecule has 0 rings (SSSR count). The molecule has 0 N–H and O–H groups in total. The zero-order valence-corrected chi connectivity index (χ0v) is 87.2. The Bertz CT molecular complexity index is 595. The van der Waals surface area contributed by atoms with Crippen LogP contribution in [-0.4, -0.2) is 13.0 Å². The van der Waals surface area contributed by atoms with Gasteiger partial charge in [-0.05, 0) is 25.4 Å². The number of hydrogen-bond donors (Lipinski definition) is 0. The second-order valence-electron chi connectivity index (χ2n) is 10.3. The van der Waals surface area contributed by atoms with Gasteiger partial charge in [0.1, 0.15) is 0 Å². The van der Waals surface area contributed by atoms with Crippen LogP contribution in [0.25, 0.3) is 0 Å². The smallest absolute Gasteiger partial charge is 0.0133 e. The SMILES string of the molecule is C.CC[C-](C)SC(C)=S.CC[CH-]C[C-](C)C.CC[CH-]SC(C)=S.CC[CH-]SC(C)S[C-](C)CC.C[CH-]C[C-](C)CC.[CH2-]C[CH-]CC.[U].[U].[U].[U].[U].[V].[V].[V].[V].[V].[Y].[Y].[Y].[Y].[Y]. The second-order valence-corrected chi connectivity index (χ2v) is 18.0. The van der Waals surface area contributed by atoms with Crippen molar-refractivity contribution in [3.63, 3.8) is 0 Å². The van der Waals surface area contributed by atoms with Gasteiger partial charge in [0.05, 0.1) is 0 Å². The topological polar surface area (TPSA) is 0 Å². The fourth-order valence-electron chi connectivity index (χ4n) is 2.27. The van der Waals surface area contributed by atoms with Gasteiger partial charge in [-0.25, -0.2) is 0 Å². The number of rotatable bonds is 18. The second kappa shape index (κ2) is 136. The maximum atomic E-state index is 4.88. The van der Waals surface area contributed by atoms with E-state index in [1.54, 1.807) is 29.4 Å². The van der Waals surface area contributed by atoms with Crippen LogP contribution in [0.15, 0.2) is 0 Å². The van der Waals surface area contributed by atoms with Gasteiger partial charge in [-0.3, -0.25) is 22.0 Å². The van der Waals surface area contributed by atoms with E-state index in [9.17, 15) is 0 Å². The van der Waals surface area contributed by atoms with Crippen LogP contribution >= 0.6 is 71.5 Å². The summed E-state index contributed by atoms with van der Waals surface area (Å²) in [5.74, 6) is 7.45. The Kier molecular flexibility index (Phi) is 327. The van der Waals surface area contributed by atoms with Crippen LogP contribution in [-0.2, 0) is 256 Å². The minimum Gasteiger partial charge on any atom is -0.372 e.